The average molecular weight is 397 g/mol. The second kappa shape index (κ2) is 7.37. The predicted molar refractivity (Wildman–Crippen MR) is 91.3 cm³/mol. The van der Waals surface area contributed by atoms with Gasteiger partial charge in [0.25, 0.3) is 5.91 Å². The number of guanidine groups is 1. The second-order valence-corrected chi connectivity index (χ2v) is 5.85. The number of amides is 1. The molecule has 0 fully saturated rings. The van der Waals surface area contributed by atoms with Gasteiger partial charge in [-0.1, -0.05) is 24.3 Å². The van der Waals surface area contributed by atoms with Crippen LogP contribution in [0, 0.1) is 0 Å². The smallest absolute Gasteiger partial charge is 0.387 e. The van der Waals surface area contributed by atoms with Crippen LogP contribution in [0.5, 0.6) is 11.5 Å². The number of hydrogen-bond acceptors (Lipinski definition) is 5. The maximum atomic E-state index is 13.0. The van der Waals surface area contributed by atoms with E-state index in [1.54, 1.807) is 0 Å². The van der Waals surface area contributed by atoms with Gasteiger partial charge in [-0.25, -0.2) is 4.99 Å². The number of carbonyl (C=O) groups excluding carboxylic acids is 1. The lowest BCUT2D eigenvalue weighted by molar-refractivity contribution is -0.129. The summed E-state index contributed by atoms with van der Waals surface area (Å²) in [6, 6.07) is 10.8. The van der Waals surface area contributed by atoms with Crippen LogP contribution < -0.4 is 15.2 Å². The normalized spacial score (nSPS) is 19.3. The number of nitrogens with two attached hydrogens (primary N) is 1. The Morgan fingerprint density at radius 1 is 0.964 bits per heavy atom. The first-order valence-electron chi connectivity index (χ1n) is 7.98. The predicted octanol–water partition coefficient (Wildman–Crippen LogP) is 2.92. The Morgan fingerprint density at radius 3 is 2.11 bits per heavy atom. The van der Waals surface area contributed by atoms with Crippen LogP contribution in [0.15, 0.2) is 53.5 Å². The number of alkyl halides is 4. The van der Waals surface area contributed by atoms with Crippen molar-refractivity contribution in [2.75, 3.05) is 7.05 Å². The zero-order chi connectivity index (χ0) is 20.5. The Balaban J connectivity index is 2.12. The van der Waals surface area contributed by atoms with Crippen molar-refractivity contribution in [3.05, 3.63) is 59.7 Å². The molecule has 0 saturated carbocycles. The summed E-state index contributed by atoms with van der Waals surface area (Å²) in [6.45, 7) is -6.05. The molecule has 6 nitrogen and oxygen atoms in total. The van der Waals surface area contributed by atoms with E-state index in [-0.39, 0.29) is 23.0 Å². The zero-order valence-electron chi connectivity index (χ0n) is 14.5. The number of nitrogens with zero attached hydrogens (tertiary/aromatic N) is 2. The molecule has 2 N–H and O–H groups in total. The largest absolute Gasteiger partial charge is 0.435 e. The Bertz CT molecular complexity index is 905. The van der Waals surface area contributed by atoms with Gasteiger partial charge in [0.1, 0.15) is 11.5 Å². The van der Waals surface area contributed by atoms with E-state index < -0.39 is 24.7 Å². The minimum absolute atomic E-state index is 0.0851. The maximum absolute atomic E-state index is 13.0. The number of benzene rings is 2. The van der Waals surface area contributed by atoms with Gasteiger partial charge in [-0.2, -0.15) is 17.6 Å². The highest BCUT2D eigenvalue weighted by atomic mass is 19.3. The van der Waals surface area contributed by atoms with E-state index in [0.29, 0.717) is 5.56 Å². The maximum Gasteiger partial charge on any atom is 0.387 e. The number of likely N-dealkylation sites (N-methyl/N-ethyl adjacent to an activating group) is 1. The van der Waals surface area contributed by atoms with E-state index >= 15 is 0 Å². The molecule has 1 unspecified atom stereocenters. The van der Waals surface area contributed by atoms with Crippen molar-refractivity contribution in [1.82, 2.24) is 4.90 Å². The molecule has 0 bridgehead atoms. The van der Waals surface area contributed by atoms with E-state index in [0.717, 1.165) is 4.90 Å². The van der Waals surface area contributed by atoms with Crippen molar-refractivity contribution in [1.29, 1.82) is 0 Å². The van der Waals surface area contributed by atoms with Gasteiger partial charge >= 0.3 is 13.2 Å². The summed E-state index contributed by atoms with van der Waals surface area (Å²) in [7, 11) is 1.41. The fourth-order valence-corrected chi connectivity index (χ4v) is 2.96. The average Bonchev–Trinajstić information content (AvgIpc) is 2.86. The van der Waals surface area contributed by atoms with Crippen LogP contribution in [0.4, 0.5) is 17.6 Å². The van der Waals surface area contributed by atoms with E-state index in [2.05, 4.69) is 14.5 Å². The molecule has 0 radical (unpaired) electrons. The molecule has 2 aromatic carbocycles. The SMILES string of the molecule is CN1C(=O)C(c2ccc(OC(F)F)cc2)(c2cccc(OC(F)F)c2)N=C1N. The molecule has 0 aromatic heterocycles. The number of halogens is 4. The van der Waals surface area contributed by atoms with E-state index in [1.165, 1.54) is 55.6 Å². The third-order valence-corrected chi connectivity index (χ3v) is 4.21. The molecule has 2 aromatic rings. The van der Waals surface area contributed by atoms with Crippen LogP contribution in [-0.4, -0.2) is 37.0 Å². The highest BCUT2D eigenvalue weighted by Gasteiger charge is 2.49. The van der Waals surface area contributed by atoms with E-state index in [4.69, 9.17) is 5.73 Å². The Morgan fingerprint density at radius 2 is 1.57 bits per heavy atom. The number of rotatable bonds is 6. The van der Waals surface area contributed by atoms with E-state index in [9.17, 15) is 22.4 Å². The molecule has 1 aliphatic rings. The molecular weight excluding hydrogens is 382 g/mol. The molecule has 0 saturated heterocycles. The number of carbonyl (C=O) groups is 1. The van der Waals surface area contributed by atoms with Crippen molar-refractivity contribution in [3.63, 3.8) is 0 Å². The second-order valence-electron chi connectivity index (χ2n) is 5.85. The summed E-state index contributed by atoms with van der Waals surface area (Å²) in [5, 5.41) is 0. The number of aliphatic imine (C=N–C) groups is 1. The summed E-state index contributed by atoms with van der Waals surface area (Å²) >= 11 is 0. The molecular formula is C18H15F4N3O3. The van der Waals surface area contributed by atoms with Crippen LogP contribution in [0.3, 0.4) is 0 Å². The topological polar surface area (TPSA) is 77.2 Å². The van der Waals surface area contributed by atoms with Gasteiger partial charge in [0, 0.05) is 7.05 Å². The Labute approximate surface area is 157 Å². The summed E-state index contributed by atoms with van der Waals surface area (Å²) in [6.07, 6.45) is 0. The summed E-state index contributed by atoms with van der Waals surface area (Å²) in [5.41, 5.74) is 4.66. The van der Waals surface area contributed by atoms with Crippen LogP contribution in [-0.2, 0) is 10.3 Å². The van der Waals surface area contributed by atoms with Crippen LogP contribution in [0.2, 0.25) is 0 Å². The molecule has 1 amide bonds. The van der Waals surface area contributed by atoms with Crippen molar-refractivity contribution in [2.45, 2.75) is 18.8 Å². The van der Waals surface area contributed by atoms with Crippen molar-refractivity contribution in [2.24, 2.45) is 10.7 Å². The lowest BCUT2D eigenvalue weighted by Crippen LogP contribution is -2.41. The minimum atomic E-state index is -3.05. The van der Waals surface area contributed by atoms with Crippen molar-refractivity contribution in [3.8, 4) is 11.5 Å². The lowest BCUT2D eigenvalue weighted by Gasteiger charge is -2.26. The van der Waals surface area contributed by atoms with Crippen LogP contribution in [0.25, 0.3) is 0 Å². The van der Waals surface area contributed by atoms with Gasteiger partial charge in [0.2, 0.25) is 0 Å². The fourth-order valence-electron chi connectivity index (χ4n) is 2.96. The first kappa shape index (κ1) is 19.5. The van der Waals surface area contributed by atoms with Gasteiger partial charge < -0.3 is 15.2 Å². The molecule has 10 heteroatoms. The molecule has 1 atom stereocenters. The molecule has 0 aliphatic carbocycles. The Hall–Kier alpha value is -3.30. The number of ether oxygens (including phenoxy) is 2. The third kappa shape index (κ3) is 3.45. The molecule has 28 heavy (non-hydrogen) atoms. The highest BCUT2D eigenvalue weighted by molar-refractivity contribution is 6.08. The summed E-state index contributed by atoms with van der Waals surface area (Å²) in [4.78, 5) is 18.4. The third-order valence-electron chi connectivity index (χ3n) is 4.21. The molecule has 148 valence electrons. The van der Waals surface area contributed by atoms with Gasteiger partial charge in [0.05, 0.1) is 0 Å². The summed E-state index contributed by atoms with van der Waals surface area (Å²) in [5.74, 6) is -0.903. The molecule has 0 spiro atoms. The van der Waals surface area contributed by atoms with Crippen LogP contribution >= 0.6 is 0 Å². The van der Waals surface area contributed by atoms with E-state index in [1.807, 2.05) is 0 Å². The zero-order valence-corrected chi connectivity index (χ0v) is 14.5. The van der Waals surface area contributed by atoms with Crippen molar-refractivity contribution < 1.29 is 31.8 Å². The lowest BCUT2D eigenvalue weighted by atomic mass is 9.82. The standard InChI is InChI=1S/C18H15F4N3O3/c1-25-14(26)18(24-17(25)23,10-5-7-12(8-6-10)27-15(19)20)11-3-2-4-13(9-11)28-16(21)22/h2-9,15-16H,1H3,(H2,23,24). The molecule has 1 aliphatic heterocycles. The Kier molecular flexibility index (Phi) is 5.12. The highest BCUT2D eigenvalue weighted by Crippen LogP contribution is 2.41. The van der Waals surface area contributed by atoms with Gasteiger partial charge in [-0.05, 0) is 35.4 Å². The minimum Gasteiger partial charge on any atom is -0.435 e. The molecule has 1 heterocycles. The first-order chi connectivity index (χ1) is 13.2. The summed E-state index contributed by atoms with van der Waals surface area (Å²) < 4.78 is 58.6. The molecule has 3 rings (SSSR count). The quantitative estimate of drug-likeness (QED) is 0.761. The monoisotopic (exact) mass is 397 g/mol. The van der Waals surface area contributed by atoms with Gasteiger partial charge in [-0.3, -0.25) is 9.69 Å². The number of hydrogen-bond donors (Lipinski definition) is 1. The van der Waals surface area contributed by atoms with Gasteiger partial charge in [0.15, 0.2) is 11.5 Å². The fraction of sp³-hybridized carbons (Fsp3) is 0.222. The van der Waals surface area contributed by atoms with Crippen LogP contribution in [0.1, 0.15) is 11.1 Å². The first-order valence-corrected chi connectivity index (χ1v) is 7.98. The van der Waals surface area contributed by atoms with Crippen molar-refractivity contribution >= 4 is 11.9 Å². The van der Waals surface area contributed by atoms with Gasteiger partial charge in [-0.15, -0.1) is 0 Å².